The van der Waals surface area contributed by atoms with Crippen LogP contribution >= 0.6 is 39.0 Å². The average molecular weight is 749 g/mol. The van der Waals surface area contributed by atoms with E-state index in [9.17, 15) is 19.3 Å². The number of hydrogen-bond donors (Lipinski definition) is 6. The highest BCUT2D eigenvalue weighted by Gasteiger charge is 2.52. The normalized spacial score (nSPS) is 28.1. The van der Waals surface area contributed by atoms with E-state index in [1.54, 1.807) is 12.2 Å². The van der Waals surface area contributed by atoms with Crippen molar-refractivity contribution >= 4 is 72.9 Å². The van der Waals surface area contributed by atoms with E-state index in [2.05, 4.69) is 65.0 Å². The van der Waals surface area contributed by atoms with E-state index in [4.69, 9.17) is 18.5 Å². The summed E-state index contributed by atoms with van der Waals surface area (Å²) in [6.07, 6.45) is -1.96. The van der Waals surface area contributed by atoms with Gasteiger partial charge in [-0.15, -0.1) is 9.05 Å². The number of thiol groups is 2. The second-order valence-corrected chi connectivity index (χ2v) is 13.7. The van der Waals surface area contributed by atoms with Gasteiger partial charge in [-0.1, -0.05) is 12.2 Å². The van der Waals surface area contributed by atoms with E-state index in [1.165, 1.54) is 34.4 Å². The van der Waals surface area contributed by atoms with Crippen molar-refractivity contribution in [1.82, 2.24) is 39.0 Å². The molecule has 0 saturated carbocycles. The second kappa shape index (κ2) is 15.2. The van der Waals surface area contributed by atoms with Gasteiger partial charge < -0.3 is 30.3 Å². The highest BCUT2D eigenvalue weighted by atomic mass is 32.7. The summed E-state index contributed by atoms with van der Waals surface area (Å²) in [7, 11) is -4.87. The van der Waals surface area contributed by atoms with Gasteiger partial charge in [0, 0.05) is 13.1 Å². The van der Waals surface area contributed by atoms with E-state index in [0.29, 0.717) is 35.8 Å². The lowest BCUT2D eigenvalue weighted by Crippen LogP contribution is -2.31. The van der Waals surface area contributed by atoms with E-state index >= 15 is 8.78 Å². The minimum Gasteiger partial charge on any atom is -0.394 e. The van der Waals surface area contributed by atoms with Gasteiger partial charge in [0.15, 0.2) is 71.0 Å². The Kier molecular flexibility index (Phi) is 11.1. The van der Waals surface area contributed by atoms with Crippen molar-refractivity contribution in [3.05, 3.63) is 37.5 Å². The van der Waals surface area contributed by atoms with Gasteiger partial charge in [-0.2, -0.15) is 0 Å². The predicted octanol–water partition coefficient (Wildman–Crippen LogP) is 2.45. The molecular formula is C24H28F2N10O8P2S2+2. The molecule has 6 heterocycles. The van der Waals surface area contributed by atoms with E-state index in [-0.39, 0.29) is 11.3 Å². The number of aliphatic hydroxyl groups is 2. The van der Waals surface area contributed by atoms with Crippen LogP contribution in [0, 0.1) is 0 Å². The number of anilines is 2. The number of alkyl halides is 2. The molecule has 2 fully saturated rings. The monoisotopic (exact) mass is 748 g/mol. The fourth-order valence-corrected chi connectivity index (χ4v) is 6.98. The Morgan fingerprint density at radius 3 is 1.56 bits per heavy atom. The third-order valence-corrected chi connectivity index (χ3v) is 8.94. The minimum atomic E-state index is -2.43. The van der Waals surface area contributed by atoms with Gasteiger partial charge in [0.25, 0.3) is 0 Å². The van der Waals surface area contributed by atoms with Crippen molar-refractivity contribution < 1.29 is 46.6 Å². The molecule has 2 aliphatic heterocycles. The van der Waals surface area contributed by atoms with Crippen molar-refractivity contribution in [1.29, 1.82) is 0 Å². The number of hydrogen-bond acceptors (Lipinski definition) is 16. The largest absolute Gasteiger partial charge is 0.582 e. The van der Waals surface area contributed by atoms with Crippen molar-refractivity contribution in [2.45, 2.75) is 49.2 Å². The van der Waals surface area contributed by atoms with Crippen LogP contribution in [0.5, 0.6) is 0 Å². The Morgan fingerprint density at radius 1 is 0.771 bits per heavy atom. The maximum Gasteiger partial charge on any atom is 0.582 e. The minimum absolute atomic E-state index is 0.264. The summed E-state index contributed by atoms with van der Waals surface area (Å²) in [5, 5.41) is 25.4. The standard InChI is InChI=1S/C24H26F2N10O8P2S2/c25-13-17(43-45(39)47)11(5-37)41-23(13)35-9-33-15-19(29-7-31-21(15)35)27-3-1-2-4-28-20-16-22(32-8-30-20)36(10-34-16)24-14(26)18(44-46(40)48)12(6-38)42-24/h1-2,7-14,17-18,23-24,37-38H,3-6H2,(H2-2,27,28,29,30,31,32,39,40,47,48)/p+2/b2-1+/t11-,12?,13-,14-,17-,18-,23-,24-/m1/s1. The first-order valence-corrected chi connectivity index (χ1v) is 18.8. The molecule has 6 rings (SSSR count). The zero-order valence-corrected chi connectivity index (χ0v) is 28.0. The number of halogens is 2. The number of ether oxygens (including phenoxy) is 2. The Bertz CT molecular complexity index is 1700. The zero-order valence-electron chi connectivity index (χ0n) is 24.4. The number of rotatable bonds is 14. The molecule has 4 aromatic rings. The Balaban J connectivity index is 1.07. The molecule has 0 spiro atoms. The molecular weight excluding hydrogens is 720 g/mol. The summed E-state index contributed by atoms with van der Waals surface area (Å²) in [6.45, 7) is -0.472. The summed E-state index contributed by atoms with van der Waals surface area (Å²) in [5.74, 6) is 0.741. The van der Waals surface area contributed by atoms with Crippen LogP contribution in [0.1, 0.15) is 12.5 Å². The topological polar surface area (TPSA) is 223 Å². The van der Waals surface area contributed by atoms with Gasteiger partial charge in [0.2, 0.25) is 0 Å². The van der Waals surface area contributed by atoms with Gasteiger partial charge in [-0.25, -0.2) is 38.7 Å². The molecule has 4 aromatic heterocycles. The molecule has 48 heavy (non-hydrogen) atoms. The molecule has 2 aliphatic rings. The first kappa shape index (κ1) is 34.8. The third-order valence-electron chi connectivity index (χ3n) is 7.52. The smallest absolute Gasteiger partial charge is 0.394 e. The van der Waals surface area contributed by atoms with Crippen molar-refractivity contribution in [3.63, 3.8) is 0 Å². The lowest BCUT2D eigenvalue weighted by atomic mass is 10.1. The molecule has 0 bridgehead atoms. The van der Waals surface area contributed by atoms with Gasteiger partial charge >= 0.3 is 14.5 Å². The molecule has 3 unspecified atom stereocenters. The number of nitrogens with zero attached hydrogens (tertiary/aromatic N) is 8. The summed E-state index contributed by atoms with van der Waals surface area (Å²) in [4.78, 5) is 25.5. The number of aromatic nitrogens is 8. The molecule has 0 aliphatic carbocycles. The predicted molar refractivity (Wildman–Crippen MR) is 171 cm³/mol. The van der Waals surface area contributed by atoms with Crippen LogP contribution in [0.2, 0.25) is 0 Å². The lowest BCUT2D eigenvalue weighted by molar-refractivity contribution is -0.0427. The summed E-state index contributed by atoms with van der Waals surface area (Å²) in [5.41, 5.74) is 1.21. The molecule has 0 amide bonds. The highest BCUT2D eigenvalue weighted by Crippen LogP contribution is 2.42. The van der Waals surface area contributed by atoms with Gasteiger partial charge in [0.05, 0.1) is 25.9 Å². The number of fused-ring (bicyclic) bond motifs is 2. The fraction of sp³-hybridized carbons (Fsp3) is 0.500. The van der Waals surface area contributed by atoms with Crippen LogP contribution in [0.3, 0.4) is 0 Å². The van der Waals surface area contributed by atoms with E-state index < -0.39 is 76.9 Å². The maximum atomic E-state index is 15.2. The lowest BCUT2D eigenvalue weighted by Gasteiger charge is -2.15. The highest BCUT2D eigenvalue weighted by molar-refractivity contribution is 8.39. The van der Waals surface area contributed by atoms with Crippen molar-refractivity contribution in [3.8, 4) is 0 Å². The van der Waals surface area contributed by atoms with Crippen LogP contribution in [0.25, 0.3) is 22.3 Å². The third kappa shape index (κ3) is 7.00. The Morgan fingerprint density at radius 2 is 1.19 bits per heavy atom. The second-order valence-electron chi connectivity index (χ2n) is 10.3. The molecule has 2 saturated heterocycles. The Hall–Kier alpha value is -3.04. The van der Waals surface area contributed by atoms with Crippen LogP contribution in [-0.4, -0.2) is 112 Å². The molecule has 0 radical (unpaired) electrons. The van der Waals surface area contributed by atoms with Crippen LogP contribution < -0.4 is 10.6 Å². The average Bonchev–Trinajstić information content (AvgIpc) is 3.83. The molecule has 10 atom stereocenters. The molecule has 4 N–H and O–H groups in total. The molecule has 256 valence electrons. The van der Waals surface area contributed by atoms with Crippen molar-refractivity contribution in [2.75, 3.05) is 36.9 Å². The first-order valence-electron chi connectivity index (χ1n) is 14.2. The molecule has 0 aromatic carbocycles. The van der Waals surface area contributed by atoms with Crippen LogP contribution in [0.4, 0.5) is 20.4 Å². The van der Waals surface area contributed by atoms with Gasteiger partial charge in [0.1, 0.15) is 49.4 Å². The van der Waals surface area contributed by atoms with Crippen LogP contribution in [0.15, 0.2) is 37.5 Å². The quantitative estimate of drug-likeness (QED) is 0.0619. The zero-order chi connectivity index (χ0) is 33.9. The van der Waals surface area contributed by atoms with Gasteiger partial charge in [-0.05, 0) is 9.13 Å². The molecule has 24 heteroatoms. The fourth-order valence-electron chi connectivity index (χ4n) is 5.40. The summed E-state index contributed by atoms with van der Waals surface area (Å²) in [6, 6.07) is 0. The van der Waals surface area contributed by atoms with Gasteiger partial charge in [-0.3, -0.25) is 9.13 Å². The number of imidazole rings is 2. The van der Waals surface area contributed by atoms with Crippen molar-refractivity contribution in [2.24, 2.45) is 0 Å². The summed E-state index contributed by atoms with van der Waals surface area (Å²) < 4.78 is 77.4. The molecule has 18 nitrogen and oxygen atoms in total. The first-order chi connectivity index (χ1) is 23.2. The SMILES string of the molecule is O=[P+](S)O[C@H]1[C@@H](F)[C@H](n2cnc3c(NC/C=C/CNc4ncnc5c4ncn5[C@@H]4OC(CO)[C@@H](O[P+](=O)S)[C@H]4F)ncnc32)O[C@@H]1CO. The number of aliphatic hydroxyl groups excluding tert-OH is 2. The van der Waals surface area contributed by atoms with E-state index in [1.807, 2.05) is 0 Å². The summed E-state index contributed by atoms with van der Waals surface area (Å²) >= 11 is 7.35. The Labute approximate surface area is 281 Å². The van der Waals surface area contributed by atoms with E-state index in [0.717, 1.165) is 0 Å². The number of nitrogens with one attached hydrogen (secondary N) is 2. The maximum absolute atomic E-state index is 15.2. The van der Waals surface area contributed by atoms with Crippen LogP contribution in [-0.2, 0) is 27.7 Å².